The minimum Gasteiger partial charge on any atom is -0.444 e. The molecule has 0 bridgehead atoms. The van der Waals surface area contributed by atoms with E-state index in [-0.39, 0.29) is 5.78 Å². The molecule has 5 heteroatoms. The zero-order valence-electron chi connectivity index (χ0n) is 12.2. The number of rotatable bonds is 3. The molecule has 1 saturated heterocycles. The fourth-order valence-electron chi connectivity index (χ4n) is 2.95. The zero-order valence-corrected chi connectivity index (χ0v) is 12.2. The summed E-state index contributed by atoms with van der Waals surface area (Å²) in [5.41, 5.74) is -1.57. The van der Waals surface area contributed by atoms with Gasteiger partial charge in [0.05, 0.1) is 17.6 Å². The van der Waals surface area contributed by atoms with Crippen LogP contribution in [-0.2, 0) is 14.3 Å². The van der Waals surface area contributed by atoms with E-state index < -0.39 is 22.6 Å². The van der Waals surface area contributed by atoms with Crippen LogP contribution in [-0.4, -0.2) is 36.2 Å². The number of amides is 1. The lowest BCUT2D eigenvalue weighted by Crippen LogP contribution is -2.58. The summed E-state index contributed by atoms with van der Waals surface area (Å²) in [6.45, 7) is 8.04. The highest BCUT2D eigenvalue weighted by Crippen LogP contribution is 2.57. The van der Waals surface area contributed by atoms with E-state index in [1.165, 1.54) is 0 Å². The Hall–Kier alpha value is -1.10. The summed E-state index contributed by atoms with van der Waals surface area (Å²) in [6.07, 6.45) is 1.85. The predicted octanol–water partition coefficient (Wildman–Crippen LogP) is 2.04. The first kappa shape index (κ1) is 14.3. The Balaban J connectivity index is 2.13. The number of alkyl carbamates (subject to hydrolysis) is 1. The smallest absolute Gasteiger partial charge is 0.408 e. The minimum atomic E-state index is -0.582. The molecule has 1 atom stereocenters. The van der Waals surface area contributed by atoms with Crippen molar-refractivity contribution in [1.82, 2.24) is 5.32 Å². The van der Waals surface area contributed by atoms with Crippen LogP contribution in [0.1, 0.15) is 47.0 Å². The second-order valence-electron chi connectivity index (χ2n) is 6.65. The summed E-state index contributed by atoms with van der Waals surface area (Å²) in [7, 11) is 0. The number of hydrogen-bond donors (Lipinski definition) is 1. The van der Waals surface area contributed by atoms with Gasteiger partial charge in [0.15, 0.2) is 0 Å². The molecule has 19 heavy (non-hydrogen) atoms. The molecular formula is C14H23NO4. The van der Waals surface area contributed by atoms with E-state index in [0.717, 1.165) is 12.8 Å². The number of carbonyl (C=O) groups excluding carboxylic acids is 2. The van der Waals surface area contributed by atoms with E-state index >= 15 is 0 Å². The summed E-state index contributed by atoms with van der Waals surface area (Å²) in [5.74, 6) is 0.133. The molecule has 5 nitrogen and oxygen atoms in total. The van der Waals surface area contributed by atoms with Crippen LogP contribution < -0.4 is 5.32 Å². The van der Waals surface area contributed by atoms with Gasteiger partial charge in [-0.05, 0) is 47.0 Å². The third kappa shape index (κ3) is 2.61. The van der Waals surface area contributed by atoms with Gasteiger partial charge < -0.3 is 14.8 Å². The van der Waals surface area contributed by atoms with E-state index in [4.69, 9.17) is 9.47 Å². The van der Waals surface area contributed by atoms with Gasteiger partial charge in [-0.3, -0.25) is 4.79 Å². The van der Waals surface area contributed by atoms with Crippen LogP contribution in [0.25, 0.3) is 0 Å². The van der Waals surface area contributed by atoms with Gasteiger partial charge in [0.25, 0.3) is 0 Å². The SMILES string of the molecule is CC(=O)C1(C2(NC(=O)OC(C)(C)C)CCOC2)CC1. The van der Waals surface area contributed by atoms with Gasteiger partial charge in [0, 0.05) is 6.61 Å². The average molecular weight is 269 g/mol. The molecule has 1 aliphatic carbocycles. The molecule has 2 aliphatic rings. The largest absolute Gasteiger partial charge is 0.444 e. The Labute approximate surface area is 114 Å². The Bertz CT molecular complexity index is 387. The highest BCUT2D eigenvalue weighted by atomic mass is 16.6. The molecule has 2 rings (SSSR count). The molecule has 108 valence electrons. The van der Waals surface area contributed by atoms with Crippen molar-refractivity contribution in [3.05, 3.63) is 0 Å². The number of ether oxygens (including phenoxy) is 2. The summed E-state index contributed by atoms with van der Waals surface area (Å²) in [6, 6.07) is 0. The molecule has 0 aromatic rings. The highest BCUT2D eigenvalue weighted by molar-refractivity contribution is 5.88. The molecule has 1 N–H and O–H groups in total. The van der Waals surface area contributed by atoms with E-state index in [1.807, 2.05) is 20.8 Å². The number of Topliss-reactive ketones (excluding diaryl/α,β-unsaturated/α-hetero) is 1. The molecule has 2 fully saturated rings. The molecule has 1 unspecified atom stereocenters. The first-order valence-corrected chi connectivity index (χ1v) is 6.81. The van der Waals surface area contributed by atoms with Gasteiger partial charge in [-0.2, -0.15) is 0 Å². The lowest BCUT2D eigenvalue weighted by molar-refractivity contribution is -0.125. The lowest BCUT2D eigenvalue weighted by atomic mass is 9.77. The Morgan fingerprint density at radius 1 is 1.21 bits per heavy atom. The highest BCUT2D eigenvalue weighted by Gasteiger charge is 2.64. The Kier molecular flexibility index (Phi) is 3.37. The van der Waals surface area contributed by atoms with Gasteiger partial charge in [-0.15, -0.1) is 0 Å². The maximum absolute atomic E-state index is 12.0. The van der Waals surface area contributed by atoms with Crippen molar-refractivity contribution in [2.24, 2.45) is 5.41 Å². The average Bonchev–Trinajstić information content (AvgIpc) is 2.93. The number of ketones is 1. The van der Waals surface area contributed by atoms with E-state index in [9.17, 15) is 9.59 Å². The molecule has 1 amide bonds. The van der Waals surface area contributed by atoms with Crippen LogP contribution in [0.4, 0.5) is 4.79 Å². The second kappa shape index (κ2) is 4.47. The van der Waals surface area contributed by atoms with Crippen molar-refractivity contribution < 1.29 is 19.1 Å². The van der Waals surface area contributed by atoms with Crippen LogP contribution in [0.3, 0.4) is 0 Å². The third-order valence-corrected chi connectivity index (χ3v) is 4.10. The summed E-state index contributed by atoms with van der Waals surface area (Å²) in [4.78, 5) is 24.0. The fraction of sp³-hybridized carbons (Fsp3) is 0.857. The van der Waals surface area contributed by atoms with Crippen molar-refractivity contribution in [2.75, 3.05) is 13.2 Å². The van der Waals surface area contributed by atoms with Crippen LogP contribution in [0.15, 0.2) is 0 Å². The summed E-state index contributed by atoms with van der Waals surface area (Å²) < 4.78 is 10.8. The van der Waals surface area contributed by atoms with Crippen molar-refractivity contribution in [2.45, 2.75) is 58.1 Å². The maximum atomic E-state index is 12.0. The van der Waals surface area contributed by atoms with Gasteiger partial charge in [0.2, 0.25) is 0 Å². The molecule has 0 spiro atoms. The van der Waals surface area contributed by atoms with Gasteiger partial charge in [-0.25, -0.2) is 4.79 Å². The monoisotopic (exact) mass is 269 g/mol. The van der Waals surface area contributed by atoms with Crippen LogP contribution in [0.5, 0.6) is 0 Å². The van der Waals surface area contributed by atoms with Crippen molar-refractivity contribution in [1.29, 1.82) is 0 Å². The molecule has 0 aromatic heterocycles. The minimum absolute atomic E-state index is 0.133. The third-order valence-electron chi connectivity index (χ3n) is 4.10. The van der Waals surface area contributed by atoms with E-state index in [0.29, 0.717) is 19.6 Å². The molecule has 1 heterocycles. The number of nitrogens with one attached hydrogen (secondary N) is 1. The first-order valence-electron chi connectivity index (χ1n) is 6.81. The summed E-state index contributed by atoms with van der Waals surface area (Å²) in [5, 5.41) is 2.93. The zero-order chi connectivity index (χ0) is 14.3. The molecule has 0 aromatic carbocycles. The van der Waals surface area contributed by atoms with Crippen LogP contribution >= 0.6 is 0 Å². The van der Waals surface area contributed by atoms with Crippen molar-refractivity contribution >= 4 is 11.9 Å². The lowest BCUT2D eigenvalue weighted by Gasteiger charge is -2.36. The quantitative estimate of drug-likeness (QED) is 0.851. The van der Waals surface area contributed by atoms with Gasteiger partial charge in [0.1, 0.15) is 11.4 Å². The van der Waals surface area contributed by atoms with Gasteiger partial charge >= 0.3 is 6.09 Å². The van der Waals surface area contributed by atoms with Crippen LogP contribution in [0, 0.1) is 5.41 Å². The standard InChI is InChI=1S/C14H23NO4/c1-10(16)13(5-6-13)14(7-8-18-9-14)15-11(17)19-12(2,3)4/h5-9H2,1-4H3,(H,15,17). The van der Waals surface area contributed by atoms with Crippen molar-refractivity contribution in [3.8, 4) is 0 Å². The maximum Gasteiger partial charge on any atom is 0.408 e. The normalized spacial score (nSPS) is 28.8. The topological polar surface area (TPSA) is 64.6 Å². The van der Waals surface area contributed by atoms with Crippen LogP contribution in [0.2, 0.25) is 0 Å². The Morgan fingerprint density at radius 3 is 2.21 bits per heavy atom. The number of hydrogen-bond acceptors (Lipinski definition) is 4. The van der Waals surface area contributed by atoms with Gasteiger partial charge in [-0.1, -0.05) is 0 Å². The molecule has 0 radical (unpaired) electrons. The van der Waals surface area contributed by atoms with E-state index in [1.54, 1.807) is 6.92 Å². The molecule has 1 aliphatic heterocycles. The first-order chi connectivity index (χ1) is 8.71. The molecular weight excluding hydrogens is 246 g/mol. The fourth-order valence-corrected chi connectivity index (χ4v) is 2.95. The predicted molar refractivity (Wildman–Crippen MR) is 69.9 cm³/mol. The second-order valence-corrected chi connectivity index (χ2v) is 6.65. The number of carbonyl (C=O) groups is 2. The Morgan fingerprint density at radius 2 is 1.84 bits per heavy atom. The van der Waals surface area contributed by atoms with E-state index in [2.05, 4.69) is 5.32 Å². The van der Waals surface area contributed by atoms with Crippen molar-refractivity contribution in [3.63, 3.8) is 0 Å². The summed E-state index contributed by atoms with van der Waals surface area (Å²) >= 11 is 0. The molecule has 1 saturated carbocycles.